The van der Waals surface area contributed by atoms with Crippen molar-refractivity contribution in [3.63, 3.8) is 0 Å². The first-order valence-corrected chi connectivity index (χ1v) is 5.82. The molecule has 0 aliphatic heterocycles. The summed E-state index contributed by atoms with van der Waals surface area (Å²) >= 11 is 0. The van der Waals surface area contributed by atoms with Gasteiger partial charge in [-0.25, -0.2) is 0 Å². The van der Waals surface area contributed by atoms with Crippen LogP contribution in [0.2, 0.25) is 0 Å². The number of hydrogen-bond acceptors (Lipinski definition) is 2. The van der Waals surface area contributed by atoms with Crippen LogP contribution in [0.4, 0.5) is 0 Å². The van der Waals surface area contributed by atoms with Gasteiger partial charge < -0.3 is 0 Å². The maximum absolute atomic E-state index is 12.3. The van der Waals surface area contributed by atoms with Gasteiger partial charge in [0.15, 0.2) is 11.6 Å². The van der Waals surface area contributed by atoms with E-state index in [2.05, 4.69) is 13.2 Å². The molecule has 0 atom stereocenters. The maximum Gasteiger partial charge on any atom is 0.190 e. The Hall–Kier alpha value is -2.22. The van der Waals surface area contributed by atoms with Crippen molar-refractivity contribution in [1.82, 2.24) is 0 Å². The molecular weight excluding hydrogens is 224 g/mol. The lowest BCUT2D eigenvalue weighted by Crippen LogP contribution is -2.18. The topological polar surface area (TPSA) is 34.1 Å². The highest BCUT2D eigenvalue weighted by Crippen LogP contribution is 2.26. The van der Waals surface area contributed by atoms with Crippen molar-refractivity contribution in [2.75, 3.05) is 0 Å². The van der Waals surface area contributed by atoms with Gasteiger partial charge in [0.25, 0.3) is 0 Å². The van der Waals surface area contributed by atoms with Crippen molar-refractivity contribution in [2.24, 2.45) is 0 Å². The maximum atomic E-state index is 12.3. The summed E-state index contributed by atoms with van der Waals surface area (Å²) in [6, 6.07) is 5.36. The molecule has 1 aromatic carbocycles. The minimum absolute atomic E-state index is 0.0676. The first-order chi connectivity index (χ1) is 8.69. The molecule has 90 valence electrons. The first-order valence-electron chi connectivity index (χ1n) is 5.82. The van der Waals surface area contributed by atoms with Gasteiger partial charge in [-0.3, -0.25) is 9.59 Å². The largest absolute Gasteiger partial charge is 0.289 e. The standard InChI is InChI=1S/C16H14O2/c1-3-6-11-8-5-9-13-14(17)10-12(7-4-2)16(18)15(11)13/h3-5,8-10H,1-2,6-7H2. The summed E-state index contributed by atoms with van der Waals surface area (Å²) in [6.07, 6.45) is 5.80. The van der Waals surface area contributed by atoms with Gasteiger partial charge in [0, 0.05) is 16.7 Å². The number of allylic oxidation sites excluding steroid dienone is 4. The van der Waals surface area contributed by atoms with Crippen molar-refractivity contribution < 1.29 is 9.59 Å². The Labute approximate surface area is 106 Å². The van der Waals surface area contributed by atoms with Crippen LogP contribution in [0.5, 0.6) is 0 Å². The van der Waals surface area contributed by atoms with E-state index in [9.17, 15) is 9.59 Å². The molecule has 0 aromatic heterocycles. The molecule has 2 nitrogen and oxygen atoms in total. The summed E-state index contributed by atoms with van der Waals surface area (Å²) in [5.74, 6) is -0.172. The Kier molecular flexibility index (Phi) is 3.38. The van der Waals surface area contributed by atoms with E-state index in [0.29, 0.717) is 29.5 Å². The number of hydrogen-bond donors (Lipinski definition) is 0. The molecule has 0 N–H and O–H groups in total. The highest BCUT2D eigenvalue weighted by Gasteiger charge is 2.26. The fourth-order valence-electron chi connectivity index (χ4n) is 2.17. The average Bonchev–Trinajstić information content (AvgIpc) is 2.36. The Morgan fingerprint density at radius 3 is 2.44 bits per heavy atom. The molecule has 0 spiro atoms. The second kappa shape index (κ2) is 4.96. The number of Topliss-reactive ketones (excluding diaryl/α,β-unsaturated/α-hetero) is 1. The van der Waals surface area contributed by atoms with Crippen LogP contribution >= 0.6 is 0 Å². The summed E-state index contributed by atoms with van der Waals surface area (Å²) in [6.45, 7) is 7.29. The highest BCUT2D eigenvalue weighted by atomic mass is 16.1. The first kappa shape index (κ1) is 12.2. The SMILES string of the molecule is C=CCC1=CC(=O)c2cccc(CC=C)c2C1=O. The normalized spacial score (nSPS) is 13.9. The average molecular weight is 238 g/mol. The van der Waals surface area contributed by atoms with Crippen LogP contribution in [0.3, 0.4) is 0 Å². The zero-order chi connectivity index (χ0) is 13.1. The van der Waals surface area contributed by atoms with Crippen LogP contribution in [0.25, 0.3) is 0 Å². The number of carbonyl (C=O) groups excluding carboxylic acids is 2. The Balaban J connectivity index is 2.59. The second-order valence-corrected chi connectivity index (χ2v) is 4.19. The summed E-state index contributed by atoms with van der Waals surface area (Å²) in [5, 5.41) is 0. The van der Waals surface area contributed by atoms with E-state index in [-0.39, 0.29) is 11.6 Å². The molecule has 2 rings (SSSR count). The number of rotatable bonds is 4. The van der Waals surface area contributed by atoms with Crippen molar-refractivity contribution in [3.8, 4) is 0 Å². The van der Waals surface area contributed by atoms with Gasteiger partial charge in [0.1, 0.15) is 0 Å². The Morgan fingerprint density at radius 2 is 1.78 bits per heavy atom. The Bertz CT molecular complexity index is 577. The molecule has 0 bridgehead atoms. The van der Waals surface area contributed by atoms with Gasteiger partial charge in [-0.15, -0.1) is 13.2 Å². The minimum atomic E-state index is -0.104. The molecule has 18 heavy (non-hydrogen) atoms. The van der Waals surface area contributed by atoms with Gasteiger partial charge >= 0.3 is 0 Å². The van der Waals surface area contributed by atoms with Crippen LogP contribution in [0.15, 0.2) is 55.2 Å². The third-order valence-electron chi connectivity index (χ3n) is 2.97. The van der Waals surface area contributed by atoms with Crippen molar-refractivity contribution in [1.29, 1.82) is 0 Å². The van der Waals surface area contributed by atoms with E-state index >= 15 is 0 Å². The van der Waals surface area contributed by atoms with E-state index in [0.717, 1.165) is 5.56 Å². The van der Waals surface area contributed by atoms with Crippen LogP contribution < -0.4 is 0 Å². The third-order valence-corrected chi connectivity index (χ3v) is 2.97. The predicted octanol–water partition coefficient (Wildman–Crippen LogP) is 3.30. The van der Waals surface area contributed by atoms with Gasteiger partial charge in [-0.2, -0.15) is 0 Å². The molecule has 0 saturated heterocycles. The zero-order valence-corrected chi connectivity index (χ0v) is 10.1. The third kappa shape index (κ3) is 1.97. The van der Waals surface area contributed by atoms with E-state index in [1.807, 2.05) is 6.07 Å². The van der Waals surface area contributed by atoms with Gasteiger partial charge in [0.05, 0.1) is 0 Å². The summed E-state index contributed by atoms with van der Waals surface area (Å²) < 4.78 is 0. The van der Waals surface area contributed by atoms with Crippen LogP contribution in [-0.4, -0.2) is 11.6 Å². The molecule has 1 aliphatic rings. The fraction of sp³-hybridized carbons (Fsp3) is 0.125. The predicted molar refractivity (Wildman–Crippen MR) is 71.9 cm³/mol. The monoisotopic (exact) mass is 238 g/mol. The smallest absolute Gasteiger partial charge is 0.190 e. The molecule has 1 aliphatic carbocycles. The van der Waals surface area contributed by atoms with E-state index < -0.39 is 0 Å². The quantitative estimate of drug-likeness (QED) is 0.754. The number of ketones is 2. The van der Waals surface area contributed by atoms with Crippen LogP contribution in [0.1, 0.15) is 32.7 Å². The molecule has 0 saturated carbocycles. The summed E-state index contributed by atoms with van der Waals surface area (Å²) in [7, 11) is 0. The number of carbonyl (C=O) groups is 2. The molecule has 0 unspecified atom stereocenters. The minimum Gasteiger partial charge on any atom is -0.289 e. The second-order valence-electron chi connectivity index (χ2n) is 4.19. The summed E-state index contributed by atoms with van der Waals surface area (Å²) in [4.78, 5) is 24.3. The summed E-state index contributed by atoms with van der Waals surface area (Å²) in [5.41, 5.74) is 2.39. The van der Waals surface area contributed by atoms with Crippen molar-refractivity contribution >= 4 is 11.6 Å². The lowest BCUT2D eigenvalue weighted by Gasteiger charge is -2.17. The van der Waals surface area contributed by atoms with Crippen LogP contribution in [0, 0.1) is 0 Å². The molecular formula is C16H14O2. The van der Waals surface area contributed by atoms with Gasteiger partial charge in [0.2, 0.25) is 0 Å². The van der Waals surface area contributed by atoms with E-state index in [4.69, 9.17) is 0 Å². The lowest BCUT2D eigenvalue weighted by atomic mass is 9.84. The fourth-order valence-corrected chi connectivity index (χ4v) is 2.17. The molecule has 1 aromatic rings. The Morgan fingerprint density at radius 1 is 1.06 bits per heavy atom. The number of benzene rings is 1. The van der Waals surface area contributed by atoms with Crippen molar-refractivity contribution in [3.05, 3.63) is 71.8 Å². The van der Waals surface area contributed by atoms with Gasteiger partial charge in [-0.1, -0.05) is 30.4 Å². The highest BCUT2D eigenvalue weighted by molar-refractivity contribution is 6.25. The van der Waals surface area contributed by atoms with Gasteiger partial charge in [-0.05, 0) is 24.5 Å². The molecule has 0 heterocycles. The van der Waals surface area contributed by atoms with Crippen molar-refractivity contribution in [2.45, 2.75) is 12.8 Å². The zero-order valence-electron chi connectivity index (χ0n) is 10.1. The number of fused-ring (bicyclic) bond motifs is 1. The van der Waals surface area contributed by atoms with Crippen LogP contribution in [-0.2, 0) is 6.42 Å². The molecule has 0 amide bonds. The molecule has 0 radical (unpaired) electrons. The lowest BCUT2D eigenvalue weighted by molar-refractivity contribution is 0.0982. The van der Waals surface area contributed by atoms with E-state index in [1.54, 1.807) is 24.3 Å². The molecule has 0 fully saturated rings. The molecule has 2 heteroatoms. The van der Waals surface area contributed by atoms with E-state index in [1.165, 1.54) is 6.08 Å².